The average molecular weight is 453 g/mol. The molecule has 8 nitrogen and oxygen atoms in total. The molecule has 9 heteroatoms. The van der Waals surface area contributed by atoms with E-state index in [0.29, 0.717) is 25.5 Å². The molecule has 1 amide bonds. The molecular weight excluding hydrogens is 437 g/mol. The number of ether oxygens (including phenoxy) is 1. The summed E-state index contributed by atoms with van der Waals surface area (Å²) in [4.78, 5) is 16.3. The van der Waals surface area contributed by atoms with Gasteiger partial charge in [-0.3, -0.25) is 9.48 Å². The van der Waals surface area contributed by atoms with Gasteiger partial charge >= 0.3 is 11.8 Å². The van der Waals surface area contributed by atoms with Crippen molar-refractivity contribution in [2.75, 3.05) is 6.61 Å². The van der Waals surface area contributed by atoms with Crippen LogP contribution in [-0.4, -0.2) is 32.4 Å². The molecule has 0 fully saturated rings. The third kappa shape index (κ3) is 4.56. The monoisotopic (exact) mass is 453 g/mol. The molecule has 0 radical (unpaired) electrons. The summed E-state index contributed by atoms with van der Waals surface area (Å²) in [6.07, 6.45) is 3.57. The van der Waals surface area contributed by atoms with Gasteiger partial charge in [-0.2, -0.15) is 10.1 Å². The highest BCUT2D eigenvalue weighted by Crippen LogP contribution is 2.17. The zero-order valence-electron chi connectivity index (χ0n) is 13.5. The fourth-order valence-corrected chi connectivity index (χ4v) is 2.62. The summed E-state index contributed by atoms with van der Waals surface area (Å²) < 4.78 is 13.2. The Morgan fingerprint density at radius 3 is 3.00 bits per heavy atom. The number of amides is 1. The second-order valence-corrected chi connectivity index (χ2v) is 6.34. The second kappa shape index (κ2) is 8.10. The predicted molar refractivity (Wildman–Crippen MR) is 97.1 cm³/mol. The Hall–Kier alpha value is -2.43. The van der Waals surface area contributed by atoms with Crippen molar-refractivity contribution in [1.29, 1.82) is 0 Å². The van der Waals surface area contributed by atoms with Gasteiger partial charge in [0.15, 0.2) is 5.82 Å². The van der Waals surface area contributed by atoms with E-state index in [4.69, 9.17) is 9.26 Å². The summed E-state index contributed by atoms with van der Waals surface area (Å²) in [6, 6.07) is 7.53. The highest BCUT2D eigenvalue weighted by molar-refractivity contribution is 14.1. The van der Waals surface area contributed by atoms with Crippen LogP contribution in [0.25, 0.3) is 0 Å². The molecule has 0 bridgehead atoms. The quantitative estimate of drug-likeness (QED) is 0.552. The number of hydrogen-bond donors (Lipinski definition) is 1. The van der Waals surface area contributed by atoms with Crippen LogP contribution in [0.3, 0.4) is 0 Å². The topological polar surface area (TPSA) is 95.1 Å². The summed E-state index contributed by atoms with van der Waals surface area (Å²) in [7, 11) is 0. The maximum absolute atomic E-state index is 12.2. The smallest absolute Gasteiger partial charge is 0.316 e. The summed E-state index contributed by atoms with van der Waals surface area (Å²) in [6.45, 7) is 3.12. The molecule has 2 heterocycles. The molecule has 25 heavy (non-hydrogen) atoms. The standard InChI is InChI=1S/C16H16IN5O3/c1-2-24-13-6-4-3-5-11(13)7-18-15(23)16-20-14(21-25-16)10-22-9-12(17)8-19-22/h3-6,8-9H,2,7,10H2,1H3,(H,18,23). The van der Waals surface area contributed by atoms with Crippen molar-refractivity contribution in [2.24, 2.45) is 0 Å². The molecule has 0 atom stereocenters. The number of carbonyl (C=O) groups excluding carboxylic acids is 1. The van der Waals surface area contributed by atoms with E-state index in [1.807, 2.05) is 37.4 Å². The van der Waals surface area contributed by atoms with Gasteiger partial charge in [0, 0.05) is 18.3 Å². The number of benzene rings is 1. The largest absolute Gasteiger partial charge is 0.494 e. The maximum Gasteiger partial charge on any atom is 0.316 e. The maximum atomic E-state index is 12.2. The van der Waals surface area contributed by atoms with Crippen molar-refractivity contribution in [3.05, 3.63) is 57.5 Å². The van der Waals surface area contributed by atoms with Gasteiger partial charge in [-0.15, -0.1) is 0 Å². The molecule has 1 N–H and O–H groups in total. The predicted octanol–water partition coefficient (Wildman–Crippen LogP) is 2.25. The van der Waals surface area contributed by atoms with Crippen LogP contribution in [0.4, 0.5) is 0 Å². The van der Waals surface area contributed by atoms with Gasteiger partial charge in [0.25, 0.3) is 0 Å². The number of nitrogens with zero attached hydrogens (tertiary/aromatic N) is 4. The Balaban J connectivity index is 1.60. The summed E-state index contributed by atoms with van der Waals surface area (Å²) in [5.74, 6) is 0.620. The molecule has 0 aliphatic carbocycles. The van der Waals surface area contributed by atoms with Crippen molar-refractivity contribution in [3.63, 3.8) is 0 Å². The molecule has 0 saturated carbocycles. The number of carbonyl (C=O) groups is 1. The normalized spacial score (nSPS) is 10.6. The Bertz CT molecular complexity index is 861. The van der Waals surface area contributed by atoms with Gasteiger partial charge in [0.2, 0.25) is 0 Å². The first-order valence-electron chi connectivity index (χ1n) is 7.65. The first kappa shape index (κ1) is 17.4. The fraction of sp³-hybridized carbons (Fsp3) is 0.250. The highest BCUT2D eigenvalue weighted by Gasteiger charge is 2.16. The van der Waals surface area contributed by atoms with Crippen molar-refractivity contribution < 1.29 is 14.1 Å². The Morgan fingerprint density at radius 2 is 2.24 bits per heavy atom. The molecule has 0 aliphatic rings. The van der Waals surface area contributed by atoms with Gasteiger partial charge in [-0.05, 0) is 35.6 Å². The average Bonchev–Trinajstić information content (AvgIpc) is 3.23. The lowest BCUT2D eigenvalue weighted by Gasteiger charge is -2.09. The molecule has 2 aromatic heterocycles. The van der Waals surface area contributed by atoms with E-state index in [9.17, 15) is 4.79 Å². The molecule has 0 aliphatic heterocycles. The van der Waals surface area contributed by atoms with Crippen molar-refractivity contribution in [3.8, 4) is 5.75 Å². The van der Waals surface area contributed by atoms with Crippen LogP contribution in [0.1, 0.15) is 29.0 Å². The van der Waals surface area contributed by atoms with E-state index in [-0.39, 0.29) is 5.89 Å². The number of halogens is 1. The van der Waals surface area contributed by atoms with Crippen LogP contribution in [0.15, 0.2) is 41.2 Å². The van der Waals surface area contributed by atoms with E-state index in [1.165, 1.54) is 0 Å². The fourth-order valence-electron chi connectivity index (χ4n) is 2.18. The molecule has 3 aromatic rings. The zero-order chi connectivity index (χ0) is 17.6. The SMILES string of the molecule is CCOc1ccccc1CNC(=O)c1nc(Cn2cc(I)cn2)no1. The summed E-state index contributed by atoms with van der Waals surface area (Å²) in [5, 5.41) is 10.7. The first-order valence-corrected chi connectivity index (χ1v) is 8.73. The number of hydrogen-bond acceptors (Lipinski definition) is 6. The Labute approximate surface area is 157 Å². The second-order valence-electron chi connectivity index (χ2n) is 5.10. The van der Waals surface area contributed by atoms with Gasteiger partial charge < -0.3 is 14.6 Å². The molecule has 0 spiro atoms. The molecule has 0 saturated heterocycles. The molecular formula is C16H16IN5O3. The summed E-state index contributed by atoms with van der Waals surface area (Å²) >= 11 is 2.16. The number of para-hydroxylation sites is 1. The van der Waals surface area contributed by atoms with E-state index in [2.05, 4.69) is 43.1 Å². The van der Waals surface area contributed by atoms with Gasteiger partial charge in [0.05, 0.1) is 16.4 Å². The lowest BCUT2D eigenvalue weighted by Crippen LogP contribution is -2.23. The molecule has 3 rings (SSSR count). The van der Waals surface area contributed by atoms with E-state index in [0.717, 1.165) is 14.9 Å². The van der Waals surface area contributed by atoms with E-state index >= 15 is 0 Å². The van der Waals surface area contributed by atoms with Crippen LogP contribution >= 0.6 is 22.6 Å². The molecule has 130 valence electrons. The molecule has 0 unspecified atom stereocenters. The lowest BCUT2D eigenvalue weighted by molar-refractivity contribution is 0.0906. The minimum atomic E-state index is -0.430. The van der Waals surface area contributed by atoms with Crippen LogP contribution in [0.5, 0.6) is 5.75 Å². The van der Waals surface area contributed by atoms with Gasteiger partial charge in [-0.1, -0.05) is 23.4 Å². The van der Waals surface area contributed by atoms with Crippen molar-refractivity contribution in [1.82, 2.24) is 25.2 Å². The van der Waals surface area contributed by atoms with Crippen molar-refractivity contribution in [2.45, 2.75) is 20.0 Å². The first-order chi connectivity index (χ1) is 12.2. The zero-order valence-corrected chi connectivity index (χ0v) is 15.6. The van der Waals surface area contributed by atoms with Crippen LogP contribution < -0.4 is 10.1 Å². The molecule has 1 aromatic carbocycles. The third-order valence-corrected chi connectivity index (χ3v) is 3.84. The van der Waals surface area contributed by atoms with Crippen LogP contribution in [0, 0.1) is 3.57 Å². The lowest BCUT2D eigenvalue weighted by atomic mass is 10.2. The highest BCUT2D eigenvalue weighted by atomic mass is 127. The van der Waals surface area contributed by atoms with E-state index < -0.39 is 5.91 Å². The Kier molecular flexibility index (Phi) is 5.64. The van der Waals surface area contributed by atoms with Gasteiger partial charge in [-0.25, -0.2) is 0 Å². The van der Waals surface area contributed by atoms with Crippen molar-refractivity contribution >= 4 is 28.5 Å². The Morgan fingerprint density at radius 1 is 1.40 bits per heavy atom. The minimum Gasteiger partial charge on any atom is -0.494 e. The van der Waals surface area contributed by atoms with Crippen LogP contribution in [0.2, 0.25) is 0 Å². The number of rotatable bonds is 7. The van der Waals surface area contributed by atoms with Gasteiger partial charge in [0.1, 0.15) is 12.3 Å². The van der Waals surface area contributed by atoms with E-state index in [1.54, 1.807) is 10.9 Å². The number of aromatic nitrogens is 4. The third-order valence-electron chi connectivity index (χ3n) is 3.28. The minimum absolute atomic E-state index is 0.0780. The summed E-state index contributed by atoms with van der Waals surface area (Å²) in [5.41, 5.74) is 0.878. The van der Waals surface area contributed by atoms with Crippen LogP contribution in [-0.2, 0) is 13.1 Å². The number of nitrogens with one attached hydrogen (secondary N) is 1.